The number of methoxy groups -OCH3 is 2. The first-order chi connectivity index (χ1) is 11.2. The lowest BCUT2D eigenvalue weighted by molar-refractivity contribution is 0.395. The zero-order chi connectivity index (χ0) is 17.9. The molecule has 130 valence electrons. The van der Waals surface area contributed by atoms with Crippen molar-refractivity contribution in [3.63, 3.8) is 0 Å². The molecule has 8 nitrogen and oxygen atoms in total. The normalized spacial score (nSPS) is 11.3. The van der Waals surface area contributed by atoms with Crippen molar-refractivity contribution in [3.8, 4) is 22.8 Å². The Morgan fingerprint density at radius 1 is 1.25 bits per heavy atom. The number of nitrogens with zero attached hydrogens (tertiary/aromatic N) is 1. The highest BCUT2D eigenvalue weighted by Gasteiger charge is 2.14. The summed E-state index contributed by atoms with van der Waals surface area (Å²) in [6.45, 7) is -0.00103. The molecule has 1 aromatic carbocycles. The van der Waals surface area contributed by atoms with Gasteiger partial charge in [0.15, 0.2) is 4.77 Å². The molecule has 1 heterocycles. The number of aromatic amines is 1. The number of sulfonamides is 1. The van der Waals surface area contributed by atoms with Crippen LogP contribution in [0.15, 0.2) is 29.1 Å². The van der Waals surface area contributed by atoms with E-state index in [1.807, 2.05) is 0 Å². The third kappa shape index (κ3) is 4.22. The Hall–Kier alpha value is -2.17. The minimum absolute atomic E-state index is 0.00103. The summed E-state index contributed by atoms with van der Waals surface area (Å²) >= 11 is 5.15. The molecule has 1 aromatic heterocycles. The van der Waals surface area contributed by atoms with Crippen LogP contribution >= 0.6 is 12.2 Å². The maximum absolute atomic E-state index is 11.8. The summed E-state index contributed by atoms with van der Waals surface area (Å²) in [7, 11) is -0.681. The molecule has 0 atom stereocenters. The van der Waals surface area contributed by atoms with Crippen LogP contribution in [0.5, 0.6) is 11.5 Å². The van der Waals surface area contributed by atoms with Crippen LogP contribution < -0.4 is 20.2 Å². The quantitative estimate of drug-likeness (QED) is 0.728. The number of hydrogen-bond donors (Lipinski definition) is 2. The Balaban J connectivity index is 2.65. The van der Waals surface area contributed by atoms with Crippen LogP contribution in [-0.2, 0) is 16.6 Å². The van der Waals surface area contributed by atoms with Gasteiger partial charge in [-0.2, -0.15) is 0 Å². The van der Waals surface area contributed by atoms with Gasteiger partial charge >= 0.3 is 0 Å². The fourth-order valence-electron chi connectivity index (χ4n) is 2.19. The molecule has 0 aliphatic heterocycles. The summed E-state index contributed by atoms with van der Waals surface area (Å²) in [4.78, 5) is 14.3. The number of H-pyrrole nitrogens is 1. The topological polar surface area (TPSA) is 116 Å². The van der Waals surface area contributed by atoms with E-state index in [9.17, 15) is 13.2 Å². The SMILES string of the molecule is COc1ccc(-c2cc(=O)[nH]c(=S)n2CCS(N)(=O)=O)c(OC)c1. The van der Waals surface area contributed by atoms with Crippen molar-refractivity contribution >= 4 is 22.2 Å². The summed E-state index contributed by atoms with van der Waals surface area (Å²) in [5.41, 5.74) is 0.594. The molecule has 0 spiro atoms. The average molecular weight is 371 g/mol. The van der Waals surface area contributed by atoms with Crippen molar-refractivity contribution in [1.82, 2.24) is 9.55 Å². The standard InChI is InChI=1S/C14H17N3O5S2/c1-21-9-3-4-10(12(7-9)22-2)11-8-13(18)16-14(23)17(11)5-6-24(15,19)20/h3-4,7-8H,5-6H2,1-2H3,(H2,15,19,20)(H,16,18,23). The third-order valence-electron chi connectivity index (χ3n) is 3.32. The fraction of sp³-hybridized carbons (Fsp3) is 0.286. The summed E-state index contributed by atoms with van der Waals surface area (Å²) in [6.07, 6.45) is 0. The molecule has 24 heavy (non-hydrogen) atoms. The Kier molecular flexibility index (Phi) is 5.42. The molecule has 10 heteroatoms. The van der Waals surface area contributed by atoms with E-state index in [0.29, 0.717) is 22.8 Å². The first kappa shape index (κ1) is 18.2. The van der Waals surface area contributed by atoms with Crippen molar-refractivity contribution in [2.24, 2.45) is 5.14 Å². The highest BCUT2D eigenvalue weighted by Crippen LogP contribution is 2.32. The summed E-state index contributed by atoms with van der Waals surface area (Å²) in [6, 6.07) is 6.38. The number of ether oxygens (including phenoxy) is 2. The zero-order valence-electron chi connectivity index (χ0n) is 13.1. The van der Waals surface area contributed by atoms with Crippen molar-refractivity contribution in [3.05, 3.63) is 39.4 Å². The predicted octanol–water partition coefficient (Wildman–Crippen LogP) is 0.879. The van der Waals surface area contributed by atoms with Gasteiger partial charge in [-0.25, -0.2) is 13.6 Å². The molecule has 3 N–H and O–H groups in total. The van der Waals surface area contributed by atoms with Crippen molar-refractivity contribution < 1.29 is 17.9 Å². The largest absolute Gasteiger partial charge is 0.497 e. The van der Waals surface area contributed by atoms with E-state index in [4.69, 9.17) is 26.8 Å². The van der Waals surface area contributed by atoms with Crippen LogP contribution in [0.4, 0.5) is 0 Å². The van der Waals surface area contributed by atoms with Gasteiger partial charge in [0.05, 0.1) is 25.7 Å². The number of rotatable bonds is 6. The van der Waals surface area contributed by atoms with Crippen LogP contribution in [0, 0.1) is 4.77 Å². The zero-order valence-corrected chi connectivity index (χ0v) is 14.7. The first-order valence-electron chi connectivity index (χ1n) is 6.82. The number of nitrogens with two attached hydrogens (primary N) is 1. The molecule has 0 aliphatic rings. The summed E-state index contributed by atoms with van der Waals surface area (Å²) in [5, 5.41) is 5.06. The summed E-state index contributed by atoms with van der Waals surface area (Å²) < 4.78 is 34.6. The van der Waals surface area contributed by atoms with E-state index in [1.165, 1.54) is 24.9 Å². The van der Waals surface area contributed by atoms with Gasteiger partial charge in [0.2, 0.25) is 10.0 Å². The molecule has 0 amide bonds. The van der Waals surface area contributed by atoms with Gasteiger partial charge in [-0.15, -0.1) is 0 Å². The lowest BCUT2D eigenvalue weighted by Gasteiger charge is -2.16. The number of nitrogens with one attached hydrogen (secondary N) is 1. The van der Waals surface area contributed by atoms with E-state index >= 15 is 0 Å². The molecule has 2 aromatic rings. The van der Waals surface area contributed by atoms with Gasteiger partial charge in [-0.05, 0) is 24.4 Å². The Morgan fingerprint density at radius 3 is 2.54 bits per heavy atom. The van der Waals surface area contributed by atoms with Gasteiger partial charge in [0, 0.05) is 24.2 Å². The molecule has 0 radical (unpaired) electrons. The predicted molar refractivity (Wildman–Crippen MR) is 92.4 cm³/mol. The number of benzene rings is 1. The van der Waals surface area contributed by atoms with Gasteiger partial charge in [-0.1, -0.05) is 0 Å². The fourth-order valence-corrected chi connectivity index (χ4v) is 2.92. The van der Waals surface area contributed by atoms with Crippen molar-refractivity contribution in [1.29, 1.82) is 0 Å². The second-order valence-corrected chi connectivity index (χ2v) is 7.03. The molecule has 0 saturated heterocycles. The lowest BCUT2D eigenvalue weighted by Crippen LogP contribution is -2.23. The van der Waals surface area contributed by atoms with E-state index in [1.54, 1.807) is 18.2 Å². The maximum atomic E-state index is 11.8. The van der Waals surface area contributed by atoms with Crippen LogP contribution in [0.3, 0.4) is 0 Å². The molecule has 0 aliphatic carbocycles. The van der Waals surface area contributed by atoms with Crippen LogP contribution in [0.25, 0.3) is 11.3 Å². The van der Waals surface area contributed by atoms with E-state index in [2.05, 4.69) is 4.98 Å². The second kappa shape index (κ2) is 7.16. The molecular formula is C14H17N3O5S2. The van der Waals surface area contributed by atoms with Gasteiger partial charge < -0.3 is 14.0 Å². The number of hydrogen-bond acceptors (Lipinski definition) is 6. The van der Waals surface area contributed by atoms with Gasteiger partial charge in [0.25, 0.3) is 5.56 Å². The smallest absolute Gasteiger partial charge is 0.252 e. The van der Waals surface area contributed by atoms with E-state index in [-0.39, 0.29) is 17.1 Å². The minimum Gasteiger partial charge on any atom is -0.497 e. The summed E-state index contributed by atoms with van der Waals surface area (Å²) in [5.74, 6) is 0.715. The first-order valence-corrected chi connectivity index (χ1v) is 8.94. The molecule has 0 unspecified atom stereocenters. The highest BCUT2D eigenvalue weighted by atomic mass is 32.2. The molecule has 0 fully saturated rings. The lowest BCUT2D eigenvalue weighted by atomic mass is 10.1. The Labute approximate surface area is 143 Å². The van der Waals surface area contributed by atoms with Crippen LogP contribution in [0.2, 0.25) is 0 Å². The third-order valence-corrected chi connectivity index (χ3v) is 4.39. The van der Waals surface area contributed by atoms with Crippen molar-refractivity contribution in [2.75, 3.05) is 20.0 Å². The minimum atomic E-state index is -3.68. The molecule has 0 saturated carbocycles. The van der Waals surface area contributed by atoms with Crippen LogP contribution in [-0.4, -0.2) is 37.9 Å². The Bertz CT molecular complexity index is 963. The van der Waals surface area contributed by atoms with Crippen molar-refractivity contribution in [2.45, 2.75) is 6.54 Å². The number of primary sulfonamides is 1. The van der Waals surface area contributed by atoms with Gasteiger partial charge in [-0.3, -0.25) is 9.78 Å². The molecular weight excluding hydrogens is 354 g/mol. The highest BCUT2D eigenvalue weighted by molar-refractivity contribution is 7.89. The van der Waals surface area contributed by atoms with Gasteiger partial charge in [0.1, 0.15) is 11.5 Å². The monoisotopic (exact) mass is 371 g/mol. The average Bonchev–Trinajstić information content (AvgIpc) is 2.51. The maximum Gasteiger partial charge on any atom is 0.252 e. The second-order valence-electron chi connectivity index (χ2n) is 4.91. The Morgan fingerprint density at radius 2 is 1.96 bits per heavy atom. The number of aromatic nitrogens is 2. The van der Waals surface area contributed by atoms with Crippen LogP contribution in [0.1, 0.15) is 0 Å². The molecule has 0 bridgehead atoms. The molecule has 2 rings (SSSR count). The van der Waals surface area contributed by atoms with E-state index in [0.717, 1.165) is 0 Å². The van der Waals surface area contributed by atoms with E-state index < -0.39 is 15.6 Å².